The number of benzene rings is 1. The number of pyridine rings is 1. The van der Waals surface area contributed by atoms with E-state index < -0.39 is 0 Å². The molecule has 2 aromatic heterocycles. The number of fused-ring (bicyclic) bond motifs is 1. The Morgan fingerprint density at radius 3 is 2.54 bits per heavy atom. The summed E-state index contributed by atoms with van der Waals surface area (Å²) in [5.41, 5.74) is 11.1. The van der Waals surface area contributed by atoms with Crippen molar-refractivity contribution in [1.82, 2.24) is 9.38 Å². The summed E-state index contributed by atoms with van der Waals surface area (Å²) >= 11 is 0. The molecule has 0 aliphatic carbocycles. The van der Waals surface area contributed by atoms with Crippen molar-refractivity contribution in [3.8, 4) is 22.8 Å². The summed E-state index contributed by atoms with van der Waals surface area (Å²) in [4.78, 5) is 4.85. The fourth-order valence-corrected chi connectivity index (χ4v) is 3.04. The normalized spacial score (nSPS) is 12.4. The van der Waals surface area contributed by atoms with E-state index in [1.165, 1.54) is 0 Å². The molecule has 1 unspecified atom stereocenters. The van der Waals surface area contributed by atoms with E-state index in [-0.39, 0.29) is 5.92 Å². The van der Waals surface area contributed by atoms with Gasteiger partial charge in [0.2, 0.25) is 0 Å². The minimum Gasteiger partial charge on any atom is -0.493 e. The van der Waals surface area contributed by atoms with Crippen LogP contribution in [0.2, 0.25) is 0 Å². The average molecular weight is 325 g/mol. The maximum Gasteiger partial charge on any atom is 0.161 e. The number of aryl methyl sites for hydroxylation is 1. The van der Waals surface area contributed by atoms with E-state index >= 15 is 0 Å². The number of nitrogens with zero attached hydrogens (tertiary/aromatic N) is 2. The van der Waals surface area contributed by atoms with Crippen molar-refractivity contribution in [3.05, 3.63) is 47.8 Å². The largest absolute Gasteiger partial charge is 0.493 e. The molecule has 3 aromatic rings. The first-order chi connectivity index (χ1) is 11.6. The van der Waals surface area contributed by atoms with Gasteiger partial charge < -0.3 is 19.6 Å². The van der Waals surface area contributed by atoms with E-state index in [1.54, 1.807) is 14.2 Å². The lowest BCUT2D eigenvalue weighted by atomic mass is 10.0. The summed E-state index contributed by atoms with van der Waals surface area (Å²) < 4.78 is 13.0. The molecule has 0 fully saturated rings. The molecule has 2 N–H and O–H groups in total. The van der Waals surface area contributed by atoms with Crippen molar-refractivity contribution in [2.75, 3.05) is 20.8 Å². The van der Waals surface area contributed by atoms with E-state index in [0.29, 0.717) is 18.0 Å². The van der Waals surface area contributed by atoms with Crippen LogP contribution < -0.4 is 15.2 Å². The van der Waals surface area contributed by atoms with Gasteiger partial charge in [-0.05, 0) is 37.3 Å². The van der Waals surface area contributed by atoms with Gasteiger partial charge in [0.05, 0.1) is 25.6 Å². The first-order valence-electron chi connectivity index (χ1n) is 8.01. The van der Waals surface area contributed by atoms with Crippen molar-refractivity contribution in [2.45, 2.75) is 19.8 Å². The molecule has 0 radical (unpaired) electrons. The highest BCUT2D eigenvalue weighted by Crippen LogP contribution is 2.36. The van der Waals surface area contributed by atoms with Crippen LogP contribution in [-0.2, 0) is 0 Å². The predicted octanol–water partition coefficient (Wildman–Crippen LogP) is 3.39. The molecule has 0 spiro atoms. The molecule has 0 aliphatic rings. The highest BCUT2D eigenvalue weighted by Gasteiger charge is 2.20. The molecule has 2 heterocycles. The van der Waals surface area contributed by atoms with Gasteiger partial charge in [-0.2, -0.15) is 0 Å². The summed E-state index contributed by atoms with van der Waals surface area (Å²) in [6.45, 7) is 4.77. The van der Waals surface area contributed by atoms with Crippen LogP contribution in [0.3, 0.4) is 0 Å². The SMILES string of the molecule is COc1ccc(-c2nc3cccc(C)n3c2C(C)CN)cc1OC. The second-order valence-corrected chi connectivity index (χ2v) is 5.91. The number of hydrogen-bond acceptors (Lipinski definition) is 4. The Morgan fingerprint density at radius 2 is 1.88 bits per heavy atom. The summed E-state index contributed by atoms with van der Waals surface area (Å²) in [7, 11) is 3.27. The zero-order valence-electron chi connectivity index (χ0n) is 14.5. The summed E-state index contributed by atoms with van der Waals surface area (Å²) in [6.07, 6.45) is 0. The Kier molecular flexibility index (Phi) is 4.44. The lowest BCUT2D eigenvalue weighted by molar-refractivity contribution is 0.355. The molecule has 1 aromatic carbocycles. The number of nitrogens with two attached hydrogens (primary N) is 1. The van der Waals surface area contributed by atoms with Crippen molar-refractivity contribution in [2.24, 2.45) is 5.73 Å². The quantitative estimate of drug-likeness (QED) is 0.781. The number of aromatic nitrogens is 2. The maximum atomic E-state index is 5.97. The topological polar surface area (TPSA) is 61.8 Å². The highest BCUT2D eigenvalue weighted by atomic mass is 16.5. The molecule has 0 saturated carbocycles. The third-order valence-corrected chi connectivity index (χ3v) is 4.35. The van der Waals surface area contributed by atoms with Gasteiger partial charge in [-0.25, -0.2) is 4.98 Å². The number of ether oxygens (including phenoxy) is 2. The third-order valence-electron chi connectivity index (χ3n) is 4.35. The van der Waals surface area contributed by atoms with Crippen LogP contribution in [0, 0.1) is 6.92 Å². The summed E-state index contributed by atoms with van der Waals surface area (Å²) in [5, 5.41) is 0. The van der Waals surface area contributed by atoms with Gasteiger partial charge in [-0.1, -0.05) is 13.0 Å². The molecule has 126 valence electrons. The highest BCUT2D eigenvalue weighted by molar-refractivity contribution is 5.70. The Hall–Kier alpha value is -2.53. The third kappa shape index (κ3) is 2.61. The molecule has 1 atom stereocenters. The van der Waals surface area contributed by atoms with Gasteiger partial charge in [0.1, 0.15) is 5.65 Å². The van der Waals surface area contributed by atoms with E-state index in [9.17, 15) is 0 Å². The average Bonchev–Trinajstić information content (AvgIpc) is 3.01. The molecular weight excluding hydrogens is 302 g/mol. The van der Waals surface area contributed by atoms with Crippen LogP contribution in [0.1, 0.15) is 24.2 Å². The van der Waals surface area contributed by atoms with Crippen LogP contribution in [0.5, 0.6) is 11.5 Å². The van der Waals surface area contributed by atoms with Gasteiger partial charge in [0, 0.05) is 23.7 Å². The van der Waals surface area contributed by atoms with E-state index in [0.717, 1.165) is 28.3 Å². The fourth-order valence-electron chi connectivity index (χ4n) is 3.04. The van der Waals surface area contributed by atoms with E-state index in [1.807, 2.05) is 30.3 Å². The molecule has 3 rings (SSSR count). The number of methoxy groups -OCH3 is 2. The Balaban J connectivity index is 2.28. The first kappa shape index (κ1) is 16.3. The molecule has 0 aliphatic heterocycles. The monoisotopic (exact) mass is 325 g/mol. The Bertz CT molecular complexity index is 870. The van der Waals surface area contributed by atoms with Crippen LogP contribution in [-0.4, -0.2) is 30.1 Å². The molecule has 5 heteroatoms. The van der Waals surface area contributed by atoms with Crippen molar-refractivity contribution in [1.29, 1.82) is 0 Å². The second-order valence-electron chi connectivity index (χ2n) is 5.91. The lowest BCUT2D eigenvalue weighted by Crippen LogP contribution is -2.12. The smallest absolute Gasteiger partial charge is 0.161 e. The van der Waals surface area contributed by atoms with Crippen molar-refractivity contribution < 1.29 is 9.47 Å². The number of imidazole rings is 1. The van der Waals surface area contributed by atoms with Gasteiger partial charge >= 0.3 is 0 Å². The molecule has 0 amide bonds. The predicted molar refractivity (Wildman–Crippen MR) is 95.9 cm³/mol. The second kappa shape index (κ2) is 6.53. The fraction of sp³-hybridized carbons (Fsp3) is 0.316. The minimum absolute atomic E-state index is 0.184. The van der Waals surface area contributed by atoms with Crippen molar-refractivity contribution in [3.63, 3.8) is 0 Å². The minimum atomic E-state index is 0.184. The maximum absolute atomic E-state index is 5.97. The van der Waals surface area contributed by atoms with Crippen LogP contribution in [0.4, 0.5) is 0 Å². The number of hydrogen-bond donors (Lipinski definition) is 1. The standard InChI is InChI=1S/C19H23N3O2/c1-12(11-20)19-18(21-17-7-5-6-13(2)22(17)19)14-8-9-15(23-3)16(10-14)24-4/h5-10,12H,11,20H2,1-4H3. The summed E-state index contributed by atoms with van der Waals surface area (Å²) in [6, 6.07) is 12.0. The Morgan fingerprint density at radius 1 is 1.12 bits per heavy atom. The first-order valence-corrected chi connectivity index (χ1v) is 8.01. The molecule has 24 heavy (non-hydrogen) atoms. The van der Waals surface area contributed by atoms with Gasteiger partial charge in [-0.3, -0.25) is 0 Å². The van der Waals surface area contributed by atoms with E-state index in [2.05, 4.69) is 24.3 Å². The number of rotatable bonds is 5. The van der Waals surface area contributed by atoms with Crippen LogP contribution in [0.15, 0.2) is 36.4 Å². The zero-order valence-corrected chi connectivity index (χ0v) is 14.5. The molecule has 0 saturated heterocycles. The zero-order chi connectivity index (χ0) is 17.3. The van der Waals surface area contributed by atoms with Gasteiger partial charge in [0.25, 0.3) is 0 Å². The van der Waals surface area contributed by atoms with Gasteiger partial charge in [0.15, 0.2) is 11.5 Å². The van der Waals surface area contributed by atoms with E-state index in [4.69, 9.17) is 20.2 Å². The van der Waals surface area contributed by atoms with Gasteiger partial charge in [-0.15, -0.1) is 0 Å². The molecule has 0 bridgehead atoms. The van der Waals surface area contributed by atoms with Crippen LogP contribution in [0.25, 0.3) is 16.9 Å². The lowest BCUT2D eigenvalue weighted by Gasteiger charge is -2.14. The Labute approximate surface area is 142 Å². The molecule has 5 nitrogen and oxygen atoms in total. The van der Waals surface area contributed by atoms with Crippen molar-refractivity contribution >= 4 is 5.65 Å². The summed E-state index contributed by atoms with van der Waals surface area (Å²) in [5.74, 6) is 1.58. The molecular formula is C19H23N3O2. The van der Waals surface area contributed by atoms with Crippen LogP contribution >= 0.6 is 0 Å².